The molecule has 2 aromatic heterocycles. The summed E-state index contributed by atoms with van der Waals surface area (Å²) in [4.78, 5) is 12.6. The number of carbonyl (C=O) groups is 1. The number of hydrogen-bond acceptors (Lipinski definition) is 4. The lowest BCUT2D eigenvalue weighted by atomic mass is 9.93. The minimum absolute atomic E-state index is 0.0247. The van der Waals surface area contributed by atoms with Crippen LogP contribution in [0.2, 0.25) is 0 Å². The predicted octanol–water partition coefficient (Wildman–Crippen LogP) is 2.74. The van der Waals surface area contributed by atoms with Crippen LogP contribution in [0.1, 0.15) is 61.2 Å². The SMILES string of the molecule is Cc1ccc(N)cc1C(=O)NC(C)c1nnc2cc(C(C)(C)C)[nH]n12. The number of fused-ring (bicyclic) bond motifs is 1. The van der Waals surface area contributed by atoms with E-state index in [0.29, 0.717) is 17.1 Å². The Balaban J connectivity index is 1.87. The molecule has 0 fully saturated rings. The van der Waals surface area contributed by atoms with Crippen LogP contribution in [0.15, 0.2) is 24.3 Å². The first kappa shape index (κ1) is 17.0. The molecule has 0 aliphatic rings. The molecule has 1 amide bonds. The number of benzene rings is 1. The van der Waals surface area contributed by atoms with Crippen LogP contribution in [0.5, 0.6) is 0 Å². The Kier molecular flexibility index (Phi) is 4.02. The number of carbonyl (C=O) groups excluding carboxylic acids is 1. The molecule has 0 bridgehead atoms. The molecule has 0 saturated heterocycles. The number of aromatic amines is 1. The molecule has 1 aromatic carbocycles. The lowest BCUT2D eigenvalue weighted by Gasteiger charge is -2.16. The molecule has 0 aliphatic heterocycles. The molecule has 3 rings (SSSR count). The molecule has 7 heteroatoms. The van der Waals surface area contributed by atoms with Crippen LogP contribution in [-0.2, 0) is 5.41 Å². The maximum Gasteiger partial charge on any atom is 0.252 e. The molecular formula is C18H24N6O. The van der Waals surface area contributed by atoms with Gasteiger partial charge in [-0.2, -0.15) is 0 Å². The normalized spacial score (nSPS) is 13.2. The van der Waals surface area contributed by atoms with Crippen molar-refractivity contribution in [2.24, 2.45) is 0 Å². The third-order valence-electron chi connectivity index (χ3n) is 4.27. The van der Waals surface area contributed by atoms with Crippen LogP contribution in [0, 0.1) is 6.92 Å². The van der Waals surface area contributed by atoms with Crippen LogP contribution in [-0.4, -0.2) is 25.7 Å². The van der Waals surface area contributed by atoms with Crippen molar-refractivity contribution in [3.63, 3.8) is 0 Å². The minimum atomic E-state index is -0.310. The van der Waals surface area contributed by atoms with Crippen molar-refractivity contribution in [2.45, 2.75) is 46.1 Å². The van der Waals surface area contributed by atoms with Gasteiger partial charge in [-0.05, 0) is 31.5 Å². The molecule has 0 radical (unpaired) electrons. The average molecular weight is 340 g/mol. The highest BCUT2D eigenvalue weighted by Gasteiger charge is 2.22. The van der Waals surface area contributed by atoms with E-state index in [1.54, 1.807) is 12.1 Å². The summed E-state index contributed by atoms with van der Waals surface area (Å²) < 4.78 is 1.82. The second-order valence-corrected chi connectivity index (χ2v) is 7.44. The van der Waals surface area contributed by atoms with Crippen LogP contribution >= 0.6 is 0 Å². The molecule has 1 atom stereocenters. The van der Waals surface area contributed by atoms with E-state index >= 15 is 0 Å². The summed E-state index contributed by atoms with van der Waals surface area (Å²) >= 11 is 0. The molecule has 4 N–H and O–H groups in total. The zero-order valence-corrected chi connectivity index (χ0v) is 15.2. The molecule has 132 valence electrons. The molecule has 0 spiro atoms. The highest BCUT2D eigenvalue weighted by Crippen LogP contribution is 2.23. The lowest BCUT2D eigenvalue weighted by molar-refractivity contribution is 0.0937. The fraction of sp³-hybridized carbons (Fsp3) is 0.389. The summed E-state index contributed by atoms with van der Waals surface area (Å²) in [5, 5.41) is 14.7. The first-order valence-electron chi connectivity index (χ1n) is 8.28. The number of H-pyrrole nitrogens is 1. The van der Waals surface area contributed by atoms with E-state index in [2.05, 4.69) is 41.4 Å². The summed E-state index contributed by atoms with van der Waals surface area (Å²) in [5.74, 6) is 0.469. The molecular weight excluding hydrogens is 316 g/mol. The topological polar surface area (TPSA) is 101 Å². The summed E-state index contributed by atoms with van der Waals surface area (Å²) in [7, 11) is 0. The van der Waals surface area contributed by atoms with Crippen molar-refractivity contribution in [1.29, 1.82) is 0 Å². The maximum absolute atomic E-state index is 12.6. The standard InChI is InChI=1S/C18H24N6O/c1-10-6-7-12(19)8-13(10)17(25)20-11(2)16-22-21-15-9-14(18(3,4)5)23-24(15)16/h6-9,11,23H,19H2,1-5H3,(H,20,25). The number of aryl methyl sites for hydroxylation is 1. The van der Waals surface area contributed by atoms with E-state index in [1.807, 2.05) is 30.5 Å². The van der Waals surface area contributed by atoms with Gasteiger partial charge >= 0.3 is 0 Å². The first-order valence-corrected chi connectivity index (χ1v) is 8.28. The summed E-state index contributed by atoms with van der Waals surface area (Å²) in [6.45, 7) is 10.1. The molecule has 0 saturated carbocycles. The lowest BCUT2D eigenvalue weighted by Crippen LogP contribution is -2.29. The summed E-state index contributed by atoms with van der Waals surface area (Å²) in [5.41, 5.74) is 9.57. The quantitative estimate of drug-likeness (QED) is 0.638. The number of nitrogens with zero attached hydrogens (tertiary/aromatic N) is 3. The average Bonchev–Trinajstić information content (AvgIpc) is 3.09. The van der Waals surface area contributed by atoms with Gasteiger partial charge in [0.25, 0.3) is 5.91 Å². The predicted molar refractivity (Wildman–Crippen MR) is 97.5 cm³/mol. The second-order valence-electron chi connectivity index (χ2n) is 7.44. The Morgan fingerprint density at radius 3 is 2.68 bits per heavy atom. The van der Waals surface area contributed by atoms with Gasteiger partial charge in [-0.25, -0.2) is 4.52 Å². The van der Waals surface area contributed by atoms with Crippen molar-refractivity contribution < 1.29 is 4.79 Å². The van der Waals surface area contributed by atoms with Gasteiger partial charge in [0.1, 0.15) is 0 Å². The summed E-state index contributed by atoms with van der Waals surface area (Å²) in [6.07, 6.45) is 0. The number of nitrogen functional groups attached to an aromatic ring is 1. The Bertz CT molecular complexity index is 931. The molecule has 3 aromatic rings. The Labute approximate surface area is 146 Å². The first-order chi connectivity index (χ1) is 11.7. The van der Waals surface area contributed by atoms with Crippen LogP contribution < -0.4 is 11.1 Å². The van der Waals surface area contributed by atoms with E-state index in [9.17, 15) is 4.79 Å². The number of rotatable bonds is 3. The highest BCUT2D eigenvalue weighted by atomic mass is 16.1. The van der Waals surface area contributed by atoms with E-state index in [4.69, 9.17) is 5.73 Å². The zero-order valence-electron chi connectivity index (χ0n) is 15.2. The van der Waals surface area contributed by atoms with Gasteiger partial charge in [0, 0.05) is 28.4 Å². The van der Waals surface area contributed by atoms with Crippen molar-refractivity contribution in [3.05, 3.63) is 46.9 Å². The maximum atomic E-state index is 12.6. The minimum Gasteiger partial charge on any atom is -0.399 e. The highest BCUT2D eigenvalue weighted by molar-refractivity contribution is 5.96. The van der Waals surface area contributed by atoms with E-state index in [0.717, 1.165) is 16.9 Å². The van der Waals surface area contributed by atoms with Gasteiger partial charge in [-0.1, -0.05) is 26.8 Å². The summed E-state index contributed by atoms with van der Waals surface area (Å²) in [6, 6.07) is 6.97. The van der Waals surface area contributed by atoms with Gasteiger partial charge in [-0.15, -0.1) is 10.2 Å². The zero-order chi connectivity index (χ0) is 18.4. The van der Waals surface area contributed by atoms with Crippen LogP contribution in [0.25, 0.3) is 5.65 Å². The van der Waals surface area contributed by atoms with Crippen molar-refractivity contribution in [3.8, 4) is 0 Å². The van der Waals surface area contributed by atoms with Gasteiger partial charge in [0.15, 0.2) is 11.5 Å². The number of hydrogen-bond donors (Lipinski definition) is 3. The molecule has 7 nitrogen and oxygen atoms in total. The van der Waals surface area contributed by atoms with Gasteiger partial charge in [0.2, 0.25) is 0 Å². The Morgan fingerprint density at radius 2 is 2.00 bits per heavy atom. The number of nitrogens with two attached hydrogens (primary N) is 1. The number of nitrogens with one attached hydrogen (secondary N) is 2. The van der Waals surface area contributed by atoms with Crippen LogP contribution in [0.3, 0.4) is 0 Å². The smallest absolute Gasteiger partial charge is 0.252 e. The number of aromatic nitrogens is 4. The number of anilines is 1. The fourth-order valence-electron chi connectivity index (χ4n) is 2.69. The largest absolute Gasteiger partial charge is 0.399 e. The molecule has 1 unspecified atom stereocenters. The Morgan fingerprint density at radius 1 is 1.28 bits per heavy atom. The van der Waals surface area contributed by atoms with Gasteiger partial charge < -0.3 is 11.1 Å². The van der Waals surface area contributed by atoms with Crippen LogP contribution in [0.4, 0.5) is 5.69 Å². The van der Waals surface area contributed by atoms with Gasteiger partial charge in [-0.3, -0.25) is 9.89 Å². The molecule has 2 heterocycles. The third kappa shape index (κ3) is 3.22. The molecule has 0 aliphatic carbocycles. The second kappa shape index (κ2) is 5.91. The van der Waals surface area contributed by atoms with E-state index in [1.165, 1.54) is 0 Å². The van der Waals surface area contributed by atoms with E-state index < -0.39 is 0 Å². The van der Waals surface area contributed by atoms with Crippen molar-refractivity contribution in [1.82, 2.24) is 25.1 Å². The van der Waals surface area contributed by atoms with Crippen molar-refractivity contribution in [2.75, 3.05) is 5.73 Å². The number of amides is 1. The monoisotopic (exact) mass is 340 g/mol. The third-order valence-corrected chi connectivity index (χ3v) is 4.27. The van der Waals surface area contributed by atoms with Gasteiger partial charge in [0.05, 0.1) is 6.04 Å². The Hall–Kier alpha value is -2.83. The fourth-order valence-corrected chi connectivity index (χ4v) is 2.69. The van der Waals surface area contributed by atoms with E-state index in [-0.39, 0.29) is 17.4 Å². The van der Waals surface area contributed by atoms with Crippen molar-refractivity contribution >= 4 is 17.2 Å². The molecule has 25 heavy (non-hydrogen) atoms.